The van der Waals surface area contributed by atoms with E-state index in [1.54, 1.807) is 0 Å². The van der Waals surface area contributed by atoms with E-state index in [1.165, 1.54) is 5.56 Å². The Hall–Kier alpha value is -0.0900. The van der Waals surface area contributed by atoms with Crippen LogP contribution in [0.5, 0.6) is 0 Å². The average molecular weight is 305 g/mol. The summed E-state index contributed by atoms with van der Waals surface area (Å²) in [6.45, 7) is 5.76. The highest BCUT2D eigenvalue weighted by Gasteiger charge is 2.32. The van der Waals surface area contributed by atoms with E-state index in [-0.39, 0.29) is 0 Å². The number of rotatable bonds is 4. The van der Waals surface area contributed by atoms with Gasteiger partial charge in [0.25, 0.3) is 0 Å². The highest BCUT2D eigenvalue weighted by Crippen LogP contribution is 2.26. The lowest BCUT2D eigenvalue weighted by molar-refractivity contribution is -0.0991. The second kappa shape index (κ2) is 5.05. The van der Waals surface area contributed by atoms with Crippen LogP contribution in [0.3, 0.4) is 0 Å². The van der Waals surface area contributed by atoms with E-state index in [0.717, 1.165) is 35.8 Å². The summed E-state index contributed by atoms with van der Waals surface area (Å²) in [4.78, 5) is 0. The third kappa shape index (κ3) is 2.98. The molecule has 0 saturated carbocycles. The van der Waals surface area contributed by atoms with Crippen LogP contribution in [-0.2, 0) is 11.3 Å². The number of halogens is 2. The predicted octanol–water partition coefficient (Wildman–Crippen LogP) is 3.23. The van der Waals surface area contributed by atoms with Gasteiger partial charge in [0.15, 0.2) is 0 Å². The molecule has 1 fully saturated rings. The van der Waals surface area contributed by atoms with Gasteiger partial charge < -0.3 is 10.1 Å². The minimum Gasteiger partial charge on any atom is -0.380 e. The van der Waals surface area contributed by atoms with Crippen molar-refractivity contribution in [3.05, 3.63) is 33.3 Å². The standard InChI is InChI=1S/C12H15BrClNO/c1-12(7-16-8-12)6-15-5-9-4-10(14)2-3-11(9)13/h2-4,15H,5-8H2,1H3. The molecule has 0 radical (unpaired) electrons. The first-order valence-corrected chi connectivity index (χ1v) is 6.49. The summed E-state index contributed by atoms with van der Waals surface area (Å²) in [6, 6.07) is 5.85. The van der Waals surface area contributed by atoms with Crippen LogP contribution in [0.4, 0.5) is 0 Å². The Morgan fingerprint density at radius 2 is 2.25 bits per heavy atom. The zero-order valence-corrected chi connectivity index (χ0v) is 11.6. The minimum atomic E-state index is 0.311. The molecule has 1 heterocycles. The molecule has 1 aliphatic heterocycles. The number of nitrogens with one attached hydrogen (secondary N) is 1. The lowest BCUT2D eigenvalue weighted by atomic mass is 9.89. The molecule has 1 saturated heterocycles. The molecule has 0 spiro atoms. The third-order valence-electron chi connectivity index (χ3n) is 2.78. The molecule has 0 aromatic heterocycles. The van der Waals surface area contributed by atoms with E-state index in [0.29, 0.717) is 5.41 Å². The SMILES string of the molecule is CC1(CNCc2cc(Cl)ccc2Br)COC1. The second-order valence-corrected chi connectivity index (χ2v) is 5.93. The molecule has 0 aliphatic carbocycles. The Bertz CT molecular complexity index is 379. The van der Waals surface area contributed by atoms with Crippen molar-refractivity contribution < 1.29 is 4.74 Å². The lowest BCUT2D eigenvalue weighted by Gasteiger charge is -2.38. The van der Waals surface area contributed by atoms with E-state index >= 15 is 0 Å². The van der Waals surface area contributed by atoms with Crippen LogP contribution in [-0.4, -0.2) is 19.8 Å². The average Bonchev–Trinajstić information content (AvgIpc) is 2.21. The minimum absolute atomic E-state index is 0.311. The maximum atomic E-state index is 5.96. The van der Waals surface area contributed by atoms with Gasteiger partial charge in [0.2, 0.25) is 0 Å². The van der Waals surface area contributed by atoms with Gasteiger partial charge in [-0.1, -0.05) is 34.5 Å². The summed E-state index contributed by atoms with van der Waals surface area (Å²) < 4.78 is 6.31. The first-order chi connectivity index (χ1) is 7.59. The largest absolute Gasteiger partial charge is 0.380 e. The van der Waals surface area contributed by atoms with Gasteiger partial charge in [-0.25, -0.2) is 0 Å². The quantitative estimate of drug-likeness (QED) is 0.922. The Labute approximate surface area is 109 Å². The van der Waals surface area contributed by atoms with Gasteiger partial charge in [0.05, 0.1) is 13.2 Å². The van der Waals surface area contributed by atoms with Crippen LogP contribution in [0, 0.1) is 5.41 Å². The molecule has 16 heavy (non-hydrogen) atoms. The molecule has 1 N–H and O–H groups in total. The van der Waals surface area contributed by atoms with Crippen molar-refractivity contribution in [1.29, 1.82) is 0 Å². The van der Waals surface area contributed by atoms with E-state index in [1.807, 2.05) is 18.2 Å². The van der Waals surface area contributed by atoms with Gasteiger partial charge in [0, 0.05) is 28.0 Å². The topological polar surface area (TPSA) is 21.3 Å². The summed E-state index contributed by atoms with van der Waals surface area (Å²) in [5.41, 5.74) is 1.50. The van der Waals surface area contributed by atoms with Crippen molar-refractivity contribution in [2.75, 3.05) is 19.8 Å². The number of ether oxygens (including phenoxy) is 1. The summed E-state index contributed by atoms with van der Waals surface area (Å²) in [5, 5.41) is 4.22. The Balaban J connectivity index is 1.87. The van der Waals surface area contributed by atoms with Crippen LogP contribution in [0.1, 0.15) is 12.5 Å². The summed E-state index contributed by atoms with van der Waals surface area (Å²) >= 11 is 9.47. The van der Waals surface area contributed by atoms with Crippen LogP contribution < -0.4 is 5.32 Å². The van der Waals surface area contributed by atoms with Crippen molar-refractivity contribution in [3.63, 3.8) is 0 Å². The van der Waals surface area contributed by atoms with Gasteiger partial charge in [-0.2, -0.15) is 0 Å². The van der Waals surface area contributed by atoms with Gasteiger partial charge in [-0.3, -0.25) is 0 Å². The number of hydrogen-bond donors (Lipinski definition) is 1. The molecule has 1 aromatic carbocycles. The van der Waals surface area contributed by atoms with Gasteiger partial charge in [0.1, 0.15) is 0 Å². The van der Waals surface area contributed by atoms with Crippen LogP contribution in [0.15, 0.2) is 22.7 Å². The van der Waals surface area contributed by atoms with Crippen molar-refractivity contribution in [2.24, 2.45) is 5.41 Å². The molecule has 0 atom stereocenters. The Morgan fingerprint density at radius 1 is 1.50 bits per heavy atom. The third-order valence-corrected chi connectivity index (χ3v) is 3.78. The molecule has 2 nitrogen and oxygen atoms in total. The van der Waals surface area contributed by atoms with Crippen molar-refractivity contribution in [2.45, 2.75) is 13.5 Å². The van der Waals surface area contributed by atoms with Gasteiger partial charge >= 0.3 is 0 Å². The highest BCUT2D eigenvalue weighted by molar-refractivity contribution is 9.10. The lowest BCUT2D eigenvalue weighted by Crippen LogP contribution is -2.47. The van der Waals surface area contributed by atoms with Gasteiger partial charge in [-0.15, -0.1) is 0 Å². The van der Waals surface area contributed by atoms with Crippen LogP contribution >= 0.6 is 27.5 Å². The number of benzene rings is 1. The molecule has 1 aromatic rings. The van der Waals surface area contributed by atoms with Crippen LogP contribution in [0.2, 0.25) is 5.02 Å². The second-order valence-electron chi connectivity index (χ2n) is 4.64. The zero-order valence-electron chi connectivity index (χ0n) is 9.22. The highest BCUT2D eigenvalue weighted by atomic mass is 79.9. The maximum absolute atomic E-state index is 5.96. The number of hydrogen-bond acceptors (Lipinski definition) is 2. The first kappa shape index (κ1) is 12.4. The van der Waals surface area contributed by atoms with Crippen molar-refractivity contribution >= 4 is 27.5 Å². The Morgan fingerprint density at radius 3 is 2.88 bits per heavy atom. The van der Waals surface area contributed by atoms with E-state index in [4.69, 9.17) is 16.3 Å². The Kier molecular flexibility index (Phi) is 3.90. The van der Waals surface area contributed by atoms with Gasteiger partial charge in [-0.05, 0) is 23.8 Å². The fourth-order valence-electron chi connectivity index (χ4n) is 1.73. The molecule has 0 amide bonds. The van der Waals surface area contributed by atoms with E-state index in [9.17, 15) is 0 Å². The monoisotopic (exact) mass is 303 g/mol. The van der Waals surface area contributed by atoms with Crippen LogP contribution in [0.25, 0.3) is 0 Å². The molecule has 2 rings (SSSR count). The predicted molar refractivity (Wildman–Crippen MR) is 69.8 cm³/mol. The van der Waals surface area contributed by atoms with Crippen molar-refractivity contribution in [3.8, 4) is 0 Å². The fraction of sp³-hybridized carbons (Fsp3) is 0.500. The molecule has 0 bridgehead atoms. The fourth-order valence-corrected chi connectivity index (χ4v) is 2.31. The first-order valence-electron chi connectivity index (χ1n) is 5.31. The van der Waals surface area contributed by atoms with E-state index in [2.05, 4.69) is 28.2 Å². The zero-order chi connectivity index (χ0) is 11.6. The summed E-state index contributed by atoms with van der Waals surface area (Å²) in [5.74, 6) is 0. The smallest absolute Gasteiger partial charge is 0.0554 e. The summed E-state index contributed by atoms with van der Waals surface area (Å²) in [7, 11) is 0. The molecule has 4 heteroatoms. The van der Waals surface area contributed by atoms with E-state index < -0.39 is 0 Å². The maximum Gasteiger partial charge on any atom is 0.0554 e. The van der Waals surface area contributed by atoms with Crippen molar-refractivity contribution in [1.82, 2.24) is 5.32 Å². The molecule has 1 aliphatic rings. The molecule has 88 valence electrons. The molecule has 0 unspecified atom stereocenters. The summed E-state index contributed by atoms with van der Waals surface area (Å²) in [6.07, 6.45) is 0. The normalized spacial score (nSPS) is 18.2. The molecular weight excluding hydrogens is 289 g/mol. The molecular formula is C12H15BrClNO.